The fourth-order valence-corrected chi connectivity index (χ4v) is 4.13. The van der Waals surface area contributed by atoms with Crippen LogP contribution in [0.5, 0.6) is 11.5 Å². The van der Waals surface area contributed by atoms with E-state index in [9.17, 15) is 0 Å². The summed E-state index contributed by atoms with van der Waals surface area (Å²) in [6.07, 6.45) is 13.2. The third-order valence-electron chi connectivity index (χ3n) is 5.70. The van der Waals surface area contributed by atoms with E-state index in [0.29, 0.717) is 5.92 Å². The van der Waals surface area contributed by atoms with Crippen LogP contribution in [0.4, 0.5) is 0 Å². The SMILES string of the molecule is C=C/C=C\C(=C/C)CN1CCC(CC(C)Cc2ccc(OC)c(OC)c2)CC1. The van der Waals surface area contributed by atoms with Gasteiger partial charge in [-0.1, -0.05) is 43.9 Å². The van der Waals surface area contributed by atoms with Gasteiger partial charge in [0.2, 0.25) is 0 Å². The number of ether oxygens (including phenoxy) is 2. The van der Waals surface area contributed by atoms with Crippen molar-refractivity contribution in [3.05, 3.63) is 60.2 Å². The molecule has 1 aliphatic heterocycles. The number of piperidine rings is 1. The highest BCUT2D eigenvalue weighted by molar-refractivity contribution is 5.43. The molecule has 1 aliphatic rings. The molecule has 1 aromatic carbocycles. The van der Waals surface area contributed by atoms with Crippen molar-refractivity contribution in [2.75, 3.05) is 33.9 Å². The maximum absolute atomic E-state index is 5.44. The van der Waals surface area contributed by atoms with Gasteiger partial charge in [0.25, 0.3) is 0 Å². The Balaban J connectivity index is 1.79. The van der Waals surface area contributed by atoms with Crippen molar-refractivity contribution in [2.45, 2.75) is 39.5 Å². The van der Waals surface area contributed by atoms with E-state index in [1.54, 1.807) is 14.2 Å². The van der Waals surface area contributed by atoms with Crippen LogP contribution >= 0.6 is 0 Å². The predicted molar refractivity (Wildman–Crippen MR) is 119 cm³/mol. The third-order valence-corrected chi connectivity index (χ3v) is 5.70. The zero-order valence-corrected chi connectivity index (χ0v) is 18.1. The van der Waals surface area contributed by atoms with Crippen LogP contribution in [0.2, 0.25) is 0 Å². The van der Waals surface area contributed by atoms with E-state index < -0.39 is 0 Å². The predicted octanol–water partition coefficient (Wildman–Crippen LogP) is 5.67. The second-order valence-electron chi connectivity index (χ2n) is 7.91. The van der Waals surface area contributed by atoms with Crippen molar-refractivity contribution in [3.8, 4) is 11.5 Å². The monoisotopic (exact) mass is 383 g/mol. The first kappa shape index (κ1) is 22.3. The first-order valence-electron chi connectivity index (χ1n) is 10.5. The van der Waals surface area contributed by atoms with Gasteiger partial charge in [0.05, 0.1) is 14.2 Å². The van der Waals surface area contributed by atoms with Crippen molar-refractivity contribution >= 4 is 0 Å². The van der Waals surface area contributed by atoms with Crippen molar-refractivity contribution in [1.29, 1.82) is 0 Å². The summed E-state index contributed by atoms with van der Waals surface area (Å²) in [6.45, 7) is 11.7. The molecule has 2 rings (SSSR count). The molecule has 154 valence electrons. The molecule has 1 fully saturated rings. The lowest BCUT2D eigenvalue weighted by Gasteiger charge is -2.33. The van der Waals surface area contributed by atoms with Gasteiger partial charge in [-0.15, -0.1) is 0 Å². The third kappa shape index (κ3) is 6.87. The maximum atomic E-state index is 5.44. The molecular formula is C25H37NO2. The number of nitrogens with zero attached hydrogens (tertiary/aromatic N) is 1. The Morgan fingerprint density at radius 1 is 1.21 bits per heavy atom. The topological polar surface area (TPSA) is 21.7 Å². The van der Waals surface area contributed by atoms with E-state index in [1.165, 1.54) is 43.5 Å². The summed E-state index contributed by atoms with van der Waals surface area (Å²) in [7, 11) is 3.38. The molecular weight excluding hydrogens is 346 g/mol. The number of likely N-dealkylation sites (tertiary alicyclic amines) is 1. The van der Waals surface area contributed by atoms with Crippen LogP contribution in [-0.2, 0) is 6.42 Å². The second-order valence-corrected chi connectivity index (χ2v) is 7.91. The first-order chi connectivity index (χ1) is 13.6. The van der Waals surface area contributed by atoms with Crippen LogP contribution in [0, 0.1) is 11.8 Å². The van der Waals surface area contributed by atoms with Gasteiger partial charge in [0.1, 0.15) is 0 Å². The molecule has 1 aromatic rings. The zero-order chi connectivity index (χ0) is 20.4. The van der Waals surface area contributed by atoms with E-state index in [-0.39, 0.29) is 0 Å². The van der Waals surface area contributed by atoms with Crippen molar-refractivity contribution in [2.24, 2.45) is 11.8 Å². The van der Waals surface area contributed by atoms with Gasteiger partial charge in [0, 0.05) is 6.54 Å². The molecule has 0 radical (unpaired) electrons. The lowest BCUT2D eigenvalue weighted by atomic mass is 9.85. The first-order valence-corrected chi connectivity index (χ1v) is 10.5. The Labute approximate surface area is 171 Å². The fraction of sp³-hybridized carbons (Fsp3) is 0.520. The van der Waals surface area contributed by atoms with Crippen LogP contribution < -0.4 is 9.47 Å². The van der Waals surface area contributed by atoms with Crippen LogP contribution in [0.3, 0.4) is 0 Å². The largest absolute Gasteiger partial charge is 0.493 e. The number of hydrogen-bond acceptors (Lipinski definition) is 3. The minimum atomic E-state index is 0.677. The molecule has 0 N–H and O–H groups in total. The Kier molecular flexibility index (Phi) is 9.36. The summed E-state index contributed by atoms with van der Waals surface area (Å²) in [6, 6.07) is 6.29. The molecule has 0 aromatic heterocycles. The molecule has 0 saturated carbocycles. The Morgan fingerprint density at radius 3 is 2.54 bits per heavy atom. The van der Waals surface area contributed by atoms with Crippen molar-refractivity contribution < 1.29 is 9.47 Å². The molecule has 1 unspecified atom stereocenters. The number of methoxy groups -OCH3 is 2. The molecule has 28 heavy (non-hydrogen) atoms. The highest BCUT2D eigenvalue weighted by Crippen LogP contribution is 2.30. The normalized spacial score (nSPS) is 17.6. The average molecular weight is 384 g/mol. The maximum Gasteiger partial charge on any atom is 0.160 e. The lowest BCUT2D eigenvalue weighted by molar-refractivity contribution is 0.180. The van der Waals surface area contributed by atoms with Gasteiger partial charge in [-0.05, 0) is 80.8 Å². The van der Waals surface area contributed by atoms with Crippen LogP contribution in [0.1, 0.15) is 38.7 Å². The summed E-state index contributed by atoms with van der Waals surface area (Å²) in [4.78, 5) is 2.58. The fourth-order valence-electron chi connectivity index (χ4n) is 4.13. The van der Waals surface area contributed by atoms with Gasteiger partial charge in [0.15, 0.2) is 11.5 Å². The minimum Gasteiger partial charge on any atom is -0.493 e. The Bertz CT molecular complexity index is 669. The van der Waals surface area contributed by atoms with E-state index in [4.69, 9.17) is 9.47 Å². The molecule has 1 atom stereocenters. The smallest absolute Gasteiger partial charge is 0.160 e. The Morgan fingerprint density at radius 2 is 1.93 bits per heavy atom. The average Bonchev–Trinajstić information content (AvgIpc) is 2.72. The van der Waals surface area contributed by atoms with E-state index in [1.807, 2.05) is 18.2 Å². The summed E-state index contributed by atoms with van der Waals surface area (Å²) in [5.41, 5.74) is 2.70. The van der Waals surface area contributed by atoms with Crippen LogP contribution in [-0.4, -0.2) is 38.8 Å². The van der Waals surface area contributed by atoms with E-state index >= 15 is 0 Å². The van der Waals surface area contributed by atoms with Crippen molar-refractivity contribution in [1.82, 2.24) is 4.90 Å². The van der Waals surface area contributed by atoms with Crippen LogP contribution in [0.15, 0.2) is 54.7 Å². The number of benzene rings is 1. The van der Waals surface area contributed by atoms with Crippen molar-refractivity contribution in [3.63, 3.8) is 0 Å². The minimum absolute atomic E-state index is 0.677. The molecule has 0 amide bonds. The molecule has 1 heterocycles. The standard InChI is InChI=1S/C25H37NO2/c1-6-8-9-21(7-2)19-26-14-12-22(13-15-26)16-20(3)17-23-10-11-24(27-4)25(18-23)28-5/h6-11,18,20,22H,1,12-17,19H2,2-5H3/b9-8-,21-7+. The molecule has 0 bridgehead atoms. The van der Waals surface area contributed by atoms with Gasteiger partial charge in [-0.3, -0.25) is 4.90 Å². The zero-order valence-electron chi connectivity index (χ0n) is 18.1. The van der Waals surface area contributed by atoms with E-state index in [2.05, 4.69) is 49.6 Å². The molecule has 3 nitrogen and oxygen atoms in total. The summed E-state index contributed by atoms with van der Waals surface area (Å²) < 4.78 is 10.8. The number of rotatable bonds is 10. The quantitative estimate of drug-likeness (QED) is 0.486. The molecule has 1 saturated heterocycles. The number of allylic oxidation sites excluding steroid dienone is 3. The summed E-state index contributed by atoms with van der Waals surface area (Å²) >= 11 is 0. The molecule has 0 spiro atoms. The van der Waals surface area contributed by atoms with Gasteiger partial charge < -0.3 is 9.47 Å². The van der Waals surface area contributed by atoms with Crippen LogP contribution in [0.25, 0.3) is 0 Å². The number of hydrogen-bond donors (Lipinski definition) is 0. The highest BCUT2D eigenvalue weighted by Gasteiger charge is 2.21. The summed E-state index contributed by atoms with van der Waals surface area (Å²) in [5, 5.41) is 0. The lowest BCUT2D eigenvalue weighted by Crippen LogP contribution is -2.35. The van der Waals surface area contributed by atoms with Gasteiger partial charge >= 0.3 is 0 Å². The van der Waals surface area contributed by atoms with E-state index in [0.717, 1.165) is 30.4 Å². The Hall–Kier alpha value is -2.00. The second kappa shape index (κ2) is 11.8. The van der Waals surface area contributed by atoms with Gasteiger partial charge in [-0.2, -0.15) is 0 Å². The summed E-state index contributed by atoms with van der Waals surface area (Å²) in [5.74, 6) is 3.14. The highest BCUT2D eigenvalue weighted by atomic mass is 16.5. The molecule has 0 aliphatic carbocycles. The van der Waals surface area contributed by atoms with Gasteiger partial charge in [-0.25, -0.2) is 0 Å². The molecule has 3 heteroatoms.